The fourth-order valence-electron chi connectivity index (χ4n) is 6.33. The predicted molar refractivity (Wildman–Crippen MR) is 152 cm³/mol. The summed E-state index contributed by atoms with van der Waals surface area (Å²) in [6.45, 7) is 3.51. The maximum Gasteiger partial charge on any atom is 0.407 e. The average molecular weight is 585 g/mol. The highest BCUT2D eigenvalue weighted by atomic mass is 16.5. The zero-order valence-electron chi connectivity index (χ0n) is 23.9. The Morgan fingerprint density at radius 1 is 1.21 bits per heavy atom. The Morgan fingerprint density at radius 2 is 1.88 bits per heavy atom. The number of phenolic OH excluding ortho intramolecular Hbond substituents is 1. The number of aliphatic hydroxyl groups excluding tert-OH is 2. The van der Waals surface area contributed by atoms with Gasteiger partial charge in [-0.05, 0) is 50.9 Å². The van der Waals surface area contributed by atoms with Crippen molar-refractivity contribution in [3.8, 4) is 5.75 Å². The van der Waals surface area contributed by atoms with Gasteiger partial charge >= 0.3 is 6.09 Å². The Bertz CT molecular complexity index is 1440. The number of amides is 2. The molecular formula is C29H36N4O9. The summed E-state index contributed by atoms with van der Waals surface area (Å²) in [6.07, 6.45) is 1.46. The van der Waals surface area contributed by atoms with E-state index in [1.165, 1.54) is 4.90 Å². The molecule has 1 saturated carbocycles. The molecule has 0 heterocycles. The first-order chi connectivity index (χ1) is 19.7. The van der Waals surface area contributed by atoms with Crippen molar-refractivity contribution in [2.24, 2.45) is 17.6 Å². The number of Topliss-reactive ketones (excluding diaryl/α,β-unsaturated/α-hetero) is 2. The number of hydrogen-bond donors (Lipinski definition) is 6. The molecule has 0 bridgehead atoms. The van der Waals surface area contributed by atoms with Crippen LogP contribution in [0.5, 0.6) is 5.75 Å². The molecule has 0 unspecified atom stereocenters. The number of benzene rings is 1. The molecule has 13 nitrogen and oxygen atoms in total. The molecule has 2 amide bonds. The number of hydrogen-bond acceptors (Lipinski definition) is 11. The molecule has 0 spiro atoms. The van der Waals surface area contributed by atoms with Crippen LogP contribution in [0, 0.1) is 11.8 Å². The zero-order valence-corrected chi connectivity index (χ0v) is 23.9. The highest BCUT2D eigenvalue weighted by Gasteiger charge is 2.64. The van der Waals surface area contributed by atoms with E-state index in [0.29, 0.717) is 17.7 Å². The predicted octanol–water partition coefficient (Wildman–Crippen LogP) is 0.832. The molecule has 1 fully saturated rings. The molecule has 7 N–H and O–H groups in total. The maximum atomic E-state index is 14.0. The number of ketones is 2. The molecular weight excluding hydrogens is 548 g/mol. The van der Waals surface area contributed by atoms with Crippen LogP contribution in [-0.2, 0) is 32.1 Å². The number of likely N-dealkylation sites (N-methyl/N-ethyl adjacent to an activating group) is 1. The highest BCUT2D eigenvalue weighted by Crippen LogP contribution is 2.54. The fraction of sp³-hybridized carbons (Fsp3) is 0.448. The van der Waals surface area contributed by atoms with Crippen molar-refractivity contribution in [2.45, 2.75) is 37.5 Å². The van der Waals surface area contributed by atoms with Crippen molar-refractivity contribution >= 4 is 35.0 Å². The van der Waals surface area contributed by atoms with Gasteiger partial charge < -0.3 is 41.1 Å². The number of primary amides is 1. The minimum absolute atomic E-state index is 0.0146. The van der Waals surface area contributed by atoms with Crippen LogP contribution in [0.2, 0.25) is 0 Å². The number of nitrogens with zero attached hydrogens (tertiary/aromatic N) is 2. The lowest BCUT2D eigenvalue weighted by atomic mass is 9.57. The number of aliphatic hydroxyl groups is 3. The van der Waals surface area contributed by atoms with Crippen LogP contribution in [0.3, 0.4) is 0 Å². The topological polar surface area (TPSA) is 203 Å². The van der Waals surface area contributed by atoms with Gasteiger partial charge in [0.05, 0.1) is 18.2 Å². The third-order valence-corrected chi connectivity index (χ3v) is 8.24. The summed E-state index contributed by atoms with van der Waals surface area (Å²) < 4.78 is 5.04. The van der Waals surface area contributed by atoms with Crippen LogP contribution in [0.25, 0.3) is 5.76 Å². The molecule has 4 atom stereocenters. The Morgan fingerprint density at radius 3 is 2.45 bits per heavy atom. The van der Waals surface area contributed by atoms with Crippen LogP contribution < -0.4 is 16.0 Å². The lowest BCUT2D eigenvalue weighted by Gasteiger charge is -2.50. The largest absolute Gasteiger partial charge is 0.508 e. The number of rotatable bonds is 8. The van der Waals surface area contributed by atoms with Gasteiger partial charge in [-0.15, -0.1) is 6.58 Å². The Labute approximate surface area is 242 Å². The number of fused-ring (bicyclic) bond motifs is 3. The van der Waals surface area contributed by atoms with E-state index in [1.807, 2.05) is 0 Å². The first-order valence-corrected chi connectivity index (χ1v) is 13.4. The first-order valence-electron chi connectivity index (χ1n) is 13.4. The number of alkyl carbamates (subject to hydrolysis) is 1. The smallest absolute Gasteiger partial charge is 0.407 e. The summed E-state index contributed by atoms with van der Waals surface area (Å²) in [5.74, 6) is -7.22. The molecule has 3 aliphatic carbocycles. The number of carbonyl (C=O) groups is 4. The summed E-state index contributed by atoms with van der Waals surface area (Å²) in [7, 11) is 6.59. The summed E-state index contributed by atoms with van der Waals surface area (Å²) in [5.41, 5.74) is 2.79. The van der Waals surface area contributed by atoms with Crippen LogP contribution >= 0.6 is 0 Å². The number of carbonyl (C=O) groups excluding carboxylic acids is 4. The molecule has 1 aromatic carbocycles. The van der Waals surface area contributed by atoms with Gasteiger partial charge in [0.15, 0.2) is 11.4 Å². The maximum absolute atomic E-state index is 14.0. The average Bonchev–Trinajstić information content (AvgIpc) is 2.89. The van der Waals surface area contributed by atoms with Gasteiger partial charge in [-0.1, -0.05) is 6.08 Å². The molecule has 42 heavy (non-hydrogen) atoms. The normalized spacial score (nSPS) is 25.0. The van der Waals surface area contributed by atoms with Gasteiger partial charge in [-0.25, -0.2) is 4.79 Å². The number of nitrogens with two attached hydrogens (primary N) is 1. The van der Waals surface area contributed by atoms with Gasteiger partial charge in [-0.2, -0.15) is 0 Å². The van der Waals surface area contributed by atoms with Gasteiger partial charge in [0, 0.05) is 43.4 Å². The first kappa shape index (κ1) is 30.6. The van der Waals surface area contributed by atoms with Gasteiger partial charge in [0.1, 0.15) is 22.8 Å². The second-order valence-electron chi connectivity index (χ2n) is 11.2. The number of nitrogens with one attached hydrogen (secondary N) is 1. The third-order valence-electron chi connectivity index (χ3n) is 8.24. The lowest BCUT2D eigenvalue weighted by molar-refractivity contribution is -0.153. The van der Waals surface area contributed by atoms with Crippen LogP contribution in [0.1, 0.15) is 29.5 Å². The summed E-state index contributed by atoms with van der Waals surface area (Å²) in [6, 6.07) is 0.488. The minimum atomic E-state index is -2.72. The lowest BCUT2D eigenvalue weighted by Crippen LogP contribution is -2.65. The van der Waals surface area contributed by atoms with Crippen LogP contribution in [-0.4, -0.2) is 95.3 Å². The Kier molecular flexibility index (Phi) is 8.11. The second-order valence-corrected chi connectivity index (χ2v) is 11.2. The van der Waals surface area contributed by atoms with Crippen molar-refractivity contribution < 1.29 is 44.3 Å². The van der Waals surface area contributed by atoms with E-state index >= 15 is 0 Å². The van der Waals surface area contributed by atoms with Crippen molar-refractivity contribution in [1.82, 2.24) is 10.2 Å². The van der Waals surface area contributed by atoms with E-state index in [9.17, 15) is 39.6 Å². The fourth-order valence-corrected chi connectivity index (χ4v) is 6.33. The zero-order chi connectivity index (χ0) is 31.3. The van der Waals surface area contributed by atoms with Gasteiger partial charge in [0.25, 0.3) is 5.91 Å². The van der Waals surface area contributed by atoms with Gasteiger partial charge in [-0.3, -0.25) is 19.3 Å². The molecule has 0 saturated heterocycles. The van der Waals surface area contributed by atoms with E-state index in [-0.39, 0.29) is 42.7 Å². The molecule has 0 radical (unpaired) electrons. The molecule has 3 aliphatic rings. The Hall–Kier alpha value is -4.36. The van der Waals surface area contributed by atoms with Crippen molar-refractivity contribution in [3.05, 3.63) is 52.3 Å². The quantitative estimate of drug-likeness (QED) is 0.143. The Balaban J connectivity index is 1.85. The number of aromatic hydroxyl groups is 1. The summed E-state index contributed by atoms with van der Waals surface area (Å²) in [4.78, 5) is 54.7. The highest BCUT2D eigenvalue weighted by molar-refractivity contribution is 6.24. The molecule has 0 aliphatic heterocycles. The number of phenols is 1. The number of anilines is 1. The van der Waals surface area contributed by atoms with E-state index in [1.54, 1.807) is 45.2 Å². The van der Waals surface area contributed by atoms with E-state index in [0.717, 1.165) is 0 Å². The van der Waals surface area contributed by atoms with Crippen molar-refractivity contribution in [3.63, 3.8) is 0 Å². The molecule has 0 aromatic heterocycles. The van der Waals surface area contributed by atoms with Crippen LogP contribution in [0.15, 0.2) is 35.6 Å². The molecule has 4 rings (SSSR count). The minimum Gasteiger partial charge on any atom is -0.508 e. The van der Waals surface area contributed by atoms with E-state index in [4.69, 9.17) is 10.5 Å². The van der Waals surface area contributed by atoms with Gasteiger partial charge in [0.2, 0.25) is 5.78 Å². The molecule has 1 aromatic rings. The molecule has 226 valence electrons. The van der Waals surface area contributed by atoms with Crippen molar-refractivity contribution in [2.75, 3.05) is 39.7 Å². The van der Waals surface area contributed by atoms with E-state index in [2.05, 4.69) is 11.9 Å². The standard InChI is InChI=1S/C29H36N4O9/c1-6-7-8-42-28(40)31-12-14-11-17(32(2)3)15-9-13-10-16-21(33(4)5)24(36)20(27(30)39)26(38)29(16,41)25(37)18(13)23(35)19(15)22(14)34/h6,11,13,16,21,34-35,38,41H,1,7-10,12H2,2-5H3,(H2,30,39)(H,31,40)/t13-,16-,21-,29+/m1/s1. The SMILES string of the molecule is C=CCCOC(=O)NCc1cc(N(C)C)c2c(c1O)C(O)=C1C(=O)[C@]3(O)C(O)=C(C(N)=O)C(=O)[C@H](N(C)C)[C@H]3C[C@H]1C2. The summed E-state index contributed by atoms with van der Waals surface area (Å²) >= 11 is 0. The van der Waals surface area contributed by atoms with E-state index < -0.39 is 69.9 Å². The monoisotopic (exact) mass is 584 g/mol. The number of ether oxygens (including phenoxy) is 1. The third kappa shape index (κ3) is 4.68. The summed E-state index contributed by atoms with van der Waals surface area (Å²) in [5, 5.41) is 48.1. The molecule has 13 heteroatoms. The second kappa shape index (κ2) is 11.1. The van der Waals surface area contributed by atoms with Crippen LogP contribution in [0.4, 0.5) is 10.5 Å². The van der Waals surface area contributed by atoms with Crippen molar-refractivity contribution in [1.29, 1.82) is 0 Å².